The first-order valence-corrected chi connectivity index (χ1v) is 8.61. The summed E-state index contributed by atoms with van der Waals surface area (Å²) in [7, 11) is 0. The third-order valence-corrected chi connectivity index (χ3v) is 4.71. The molecule has 2 fully saturated rings. The van der Waals surface area contributed by atoms with Crippen molar-refractivity contribution in [1.29, 1.82) is 0 Å². The Hall–Kier alpha value is -1.99. The molecule has 0 bridgehead atoms. The number of nitrogens with one attached hydrogen (secondary N) is 1. The summed E-state index contributed by atoms with van der Waals surface area (Å²) in [5, 5.41) is 7.59. The highest BCUT2D eigenvalue weighted by Gasteiger charge is 2.28. The first-order valence-electron chi connectivity index (χ1n) is 8.61. The van der Waals surface area contributed by atoms with E-state index in [1.807, 2.05) is 25.3 Å². The minimum Gasteiger partial charge on any atom is -0.378 e. The molecule has 1 aliphatic carbocycles. The Labute approximate surface area is 141 Å². The molecule has 0 spiro atoms. The molecular formula is C17H23N5O2. The van der Waals surface area contributed by atoms with Gasteiger partial charge in [0.05, 0.1) is 24.9 Å². The fourth-order valence-corrected chi connectivity index (χ4v) is 3.14. The maximum absolute atomic E-state index is 5.68. The molecule has 24 heavy (non-hydrogen) atoms. The lowest BCUT2D eigenvalue weighted by molar-refractivity contribution is -0.0167. The standard InChI is InChI=1S/C17H23N5O2/c1-12-9-14(21-24-12)10-22-7-8-23-11-15(22)17-18-6-5-16(20-17)19-13-3-2-4-13/h5-6,9,13,15H,2-4,7-8,10-11H2,1H3,(H,18,19,20)/t15-/m1/s1. The van der Waals surface area contributed by atoms with Gasteiger partial charge in [-0.2, -0.15) is 0 Å². The van der Waals surface area contributed by atoms with E-state index in [-0.39, 0.29) is 6.04 Å². The number of aryl methyl sites for hydroxylation is 1. The Balaban J connectivity index is 1.50. The van der Waals surface area contributed by atoms with Crippen LogP contribution >= 0.6 is 0 Å². The van der Waals surface area contributed by atoms with E-state index in [1.165, 1.54) is 19.3 Å². The smallest absolute Gasteiger partial charge is 0.150 e. The highest BCUT2D eigenvalue weighted by atomic mass is 16.5. The van der Waals surface area contributed by atoms with E-state index in [0.717, 1.165) is 36.2 Å². The van der Waals surface area contributed by atoms with Gasteiger partial charge < -0.3 is 14.6 Å². The molecule has 0 aromatic carbocycles. The van der Waals surface area contributed by atoms with Crippen molar-refractivity contribution < 1.29 is 9.26 Å². The topological polar surface area (TPSA) is 76.3 Å². The van der Waals surface area contributed by atoms with Gasteiger partial charge in [0.15, 0.2) is 0 Å². The zero-order valence-corrected chi connectivity index (χ0v) is 13.9. The van der Waals surface area contributed by atoms with Crippen LogP contribution in [0.4, 0.5) is 5.82 Å². The Bertz CT molecular complexity index is 685. The first-order chi connectivity index (χ1) is 11.8. The number of hydrogen-bond acceptors (Lipinski definition) is 7. The van der Waals surface area contributed by atoms with E-state index in [1.54, 1.807) is 0 Å². The maximum atomic E-state index is 5.68. The Morgan fingerprint density at radius 2 is 2.29 bits per heavy atom. The highest BCUT2D eigenvalue weighted by Crippen LogP contribution is 2.26. The molecule has 7 heteroatoms. The van der Waals surface area contributed by atoms with Crippen molar-refractivity contribution in [2.45, 2.75) is 44.8 Å². The summed E-state index contributed by atoms with van der Waals surface area (Å²) in [6.07, 6.45) is 5.58. The summed E-state index contributed by atoms with van der Waals surface area (Å²) in [4.78, 5) is 11.5. The SMILES string of the molecule is Cc1cc(CN2CCOC[C@@H]2c2nccc(NC3CCC3)n2)no1. The summed E-state index contributed by atoms with van der Waals surface area (Å²) < 4.78 is 10.9. The molecule has 1 saturated carbocycles. The Morgan fingerprint density at radius 1 is 1.38 bits per heavy atom. The zero-order chi connectivity index (χ0) is 16.4. The number of aromatic nitrogens is 3. The van der Waals surface area contributed by atoms with Crippen LogP contribution in [0.25, 0.3) is 0 Å². The second kappa shape index (κ2) is 6.86. The molecule has 1 saturated heterocycles. The van der Waals surface area contributed by atoms with Crippen molar-refractivity contribution in [3.8, 4) is 0 Å². The summed E-state index contributed by atoms with van der Waals surface area (Å²) in [6, 6.07) is 4.52. The largest absolute Gasteiger partial charge is 0.378 e. The lowest BCUT2D eigenvalue weighted by atomic mass is 9.93. The van der Waals surface area contributed by atoms with Crippen LogP contribution in [0.2, 0.25) is 0 Å². The predicted molar refractivity (Wildman–Crippen MR) is 88.5 cm³/mol. The molecule has 7 nitrogen and oxygen atoms in total. The summed E-state index contributed by atoms with van der Waals surface area (Å²) in [5.74, 6) is 2.55. The molecule has 128 valence electrons. The van der Waals surface area contributed by atoms with E-state index in [0.29, 0.717) is 19.3 Å². The minimum atomic E-state index is 0.0406. The third kappa shape index (κ3) is 3.42. The zero-order valence-electron chi connectivity index (χ0n) is 13.9. The quantitative estimate of drug-likeness (QED) is 0.902. The molecule has 1 aliphatic heterocycles. The molecule has 0 amide bonds. The first kappa shape index (κ1) is 15.5. The van der Waals surface area contributed by atoms with E-state index in [2.05, 4.69) is 20.4 Å². The number of anilines is 1. The molecule has 2 aliphatic rings. The molecular weight excluding hydrogens is 306 g/mol. The van der Waals surface area contributed by atoms with Gasteiger partial charge in [-0.05, 0) is 32.3 Å². The Kier molecular flexibility index (Phi) is 4.44. The molecule has 4 rings (SSSR count). The van der Waals surface area contributed by atoms with Crippen LogP contribution in [0.15, 0.2) is 22.9 Å². The molecule has 0 radical (unpaired) electrons. The average Bonchev–Trinajstić information content (AvgIpc) is 2.97. The molecule has 1 atom stereocenters. The van der Waals surface area contributed by atoms with Gasteiger partial charge in [-0.25, -0.2) is 9.97 Å². The van der Waals surface area contributed by atoms with E-state index in [4.69, 9.17) is 14.2 Å². The number of hydrogen-bond donors (Lipinski definition) is 1. The van der Waals surface area contributed by atoms with Crippen LogP contribution in [0.3, 0.4) is 0 Å². The third-order valence-electron chi connectivity index (χ3n) is 4.71. The minimum absolute atomic E-state index is 0.0406. The van der Waals surface area contributed by atoms with Crippen LogP contribution in [0.5, 0.6) is 0 Å². The van der Waals surface area contributed by atoms with Crippen LogP contribution in [0, 0.1) is 6.92 Å². The number of rotatable bonds is 5. The van der Waals surface area contributed by atoms with Crippen LogP contribution in [0.1, 0.15) is 42.6 Å². The maximum Gasteiger partial charge on any atom is 0.150 e. The van der Waals surface area contributed by atoms with Gasteiger partial charge in [0.1, 0.15) is 17.4 Å². The van der Waals surface area contributed by atoms with Crippen molar-refractivity contribution in [3.05, 3.63) is 35.6 Å². The van der Waals surface area contributed by atoms with Crippen molar-refractivity contribution in [3.63, 3.8) is 0 Å². The second-order valence-corrected chi connectivity index (χ2v) is 6.56. The summed E-state index contributed by atoms with van der Waals surface area (Å²) >= 11 is 0. The highest BCUT2D eigenvalue weighted by molar-refractivity contribution is 5.35. The van der Waals surface area contributed by atoms with Crippen LogP contribution < -0.4 is 5.32 Å². The van der Waals surface area contributed by atoms with E-state index >= 15 is 0 Å². The van der Waals surface area contributed by atoms with Gasteiger partial charge in [0.2, 0.25) is 0 Å². The van der Waals surface area contributed by atoms with Crippen LogP contribution in [-0.4, -0.2) is 45.8 Å². The number of ether oxygens (including phenoxy) is 1. The van der Waals surface area contributed by atoms with Crippen molar-refractivity contribution in [2.24, 2.45) is 0 Å². The van der Waals surface area contributed by atoms with Gasteiger partial charge in [0.25, 0.3) is 0 Å². The second-order valence-electron chi connectivity index (χ2n) is 6.56. The lowest BCUT2D eigenvalue weighted by Gasteiger charge is -2.34. The van der Waals surface area contributed by atoms with Gasteiger partial charge >= 0.3 is 0 Å². The van der Waals surface area contributed by atoms with E-state index in [9.17, 15) is 0 Å². The summed E-state index contributed by atoms with van der Waals surface area (Å²) in [6.45, 7) is 4.78. The molecule has 2 aromatic heterocycles. The number of nitrogens with zero attached hydrogens (tertiary/aromatic N) is 4. The average molecular weight is 329 g/mol. The Morgan fingerprint density at radius 3 is 3.04 bits per heavy atom. The van der Waals surface area contributed by atoms with E-state index < -0.39 is 0 Å². The van der Waals surface area contributed by atoms with Crippen molar-refractivity contribution in [1.82, 2.24) is 20.0 Å². The normalized spacial score (nSPS) is 22.3. The monoisotopic (exact) mass is 329 g/mol. The predicted octanol–water partition coefficient (Wildman–Crippen LogP) is 2.31. The molecule has 1 N–H and O–H groups in total. The molecule has 2 aromatic rings. The summed E-state index contributed by atoms with van der Waals surface area (Å²) in [5.41, 5.74) is 0.933. The van der Waals surface area contributed by atoms with Gasteiger partial charge in [-0.15, -0.1) is 0 Å². The fourth-order valence-electron chi connectivity index (χ4n) is 3.14. The fraction of sp³-hybridized carbons (Fsp3) is 0.588. The van der Waals surface area contributed by atoms with Gasteiger partial charge in [0, 0.05) is 31.4 Å². The number of morpholine rings is 1. The van der Waals surface area contributed by atoms with Crippen molar-refractivity contribution in [2.75, 3.05) is 25.1 Å². The molecule has 3 heterocycles. The van der Waals surface area contributed by atoms with Crippen LogP contribution in [-0.2, 0) is 11.3 Å². The van der Waals surface area contributed by atoms with Crippen molar-refractivity contribution >= 4 is 5.82 Å². The van der Waals surface area contributed by atoms with Gasteiger partial charge in [-0.1, -0.05) is 5.16 Å². The lowest BCUT2D eigenvalue weighted by Crippen LogP contribution is -2.40. The van der Waals surface area contributed by atoms with Gasteiger partial charge in [-0.3, -0.25) is 4.90 Å². The molecule has 0 unspecified atom stereocenters.